The van der Waals surface area contributed by atoms with Gasteiger partial charge in [-0.15, -0.1) is 0 Å². The van der Waals surface area contributed by atoms with Crippen molar-refractivity contribution in [3.8, 4) is 0 Å². The quantitative estimate of drug-likeness (QED) is 0.847. The minimum atomic E-state index is -1.19. The Morgan fingerprint density at radius 1 is 1.16 bits per heavy atom. The summed E-state index contributed by atoms with van der Waals surface area (Å²) < 4.78 is 16.6. The number of benzene rings is 1. The van der Waals surface area contributed by atoms with E-state index < -0.39 is 11.4 Å². The molecule has 1 saturated heterocycles. The van der Waals surface area contributed by atoms with E-state index in [0.717, 1.165) is 23.1 Å². The first kappa shape index (κ1) is 18.4. The highest BCUT2D eigenvalue weighted by atomic mass is 16.7. The number of esters is 1. The molecule has 25 heavy (non-hydrogen) atoms. The maximum atomic E-state index is 12.0. The highest BCUT2D eigenvalue weighted by Gasteiger charge is 2.44. The van der Waals surface area contributed by atoms with Gasteiger partial charge in [0.25, 0.3) is 0 Å². The van der Waals surface area contributed by atoms with Gasteiger partial charge in [-0.1, -0.05) is 26.0 Å². The summed E-state index contributed by atoms with van der Waals surface area (Å²) in [5, 5.41) is 11.2. The summed E-state index contributed by atoms with van der Waals surface area (Å²) in [4.78, 5) is 12.0. The van der Waals surface area contributed by atoms with Crippen LogP contribution in [0, 0.1) is 0 Å². The van der Waals surface area contributed by atoms with Crippen LogP contribution < -0.4 is 0 Å². The molecule has 1 heterocycles. The van der Waals surface area contributed by atoms with E-state index in [2.05, 4.69) is 19.9 Å². The van der Waals surface area contributed by atoms with Gasteiger partial charge in [-0.2, -0.15) is 0 Å². The van der Waals surface area contributed by atoms with Gasteiger partial charge in [0.05, 0.1) is 26.2 Å². The van der Waals surface area contributed by atoms with Gasteiger partial charge in [0.2, 0.25) is 0 Å². The average molecular weight is 348 g/mol. The summed E-state index contributed by atoms with van der Waals surface area (Å²) in [6.45, 7) is 9.49. The molecule has 5 heteroatoms. The Hall–Kier alpha value is -1.43. The van der Waals surface area contributed by atoms with Crippen LogP contribution in [0.2, 0.25) is 0 Å². The molecule has 138 valence electrons. The third-order valence-electron chi connectivity index (χ3n) is 5.52. The largest absolute Gasteiger partial charge is 0.466 e. The van der Waals surface area contributed by atoms with Gasteiger partial charge in [-0.25, -0.2) is 0 Å². The molecule has 5 nitrogen and oxygen atoms in total. The van der Waals surface area contributed by atoms with E-state index in [1.54, 1.807) is 6.92 Å². The summed E-state index contributed by atoms with van der Waals surface area (Å²) in [5.74, 6) is -1.11. The second-order valence-corrected chi connectivity index (χ2v) is 7.80. The fourth-order valence-electron chi connectivity index (χ4n) is 3.90. The monoisotopic (exact) mass is 348 g/mol. The average Bonchev–Trinajstić information content (AvgIpc) is 3.00. The number of ether oxygens (including phenoxy) is 3. The lowest BCUT2D eigenvalue weighted by atomic mass is 9.65. The Balaban J connectivity index is 2.01. The molecule has 1 atom stereocenters. The lowest BCUT2D eigenvalue weighted by molar-refractivity contribution is -0.151. The minimum Gasteiger partial charge on any atom is -0.466 e. The number of hydrogen-bond donors (Lipinski definition) is 1. The predicted octanol–water partition coefficient (Wildman–Crippen LogP) is 3.12. The van der Waals surface area contributed by atoms with Gasteiger partial charge < -0.3 is 19.3 Å². The van der Waals surface area contributed by atoms with Crippen LogP contribution >= 0.6 is 0 Å². The molecule has 1 aliphatic carbocycles. The van der Waals surface area contributed by atoms with E-state index in [-0.39, 0.29) is 17.8 Å². The van der Waals surface area contributed by atoms with E-state index in [1.165, 1.54) is 0 Å². The standard InChI is InChI=1S/C20H28O5/c1-5-23-17(21)13-20(22)9-8-18(2,3)16-12-14(6-7-15(16)20)19(4)24-10-11-25-19/h6-7,12,22H,5,8-11,13H2,1-4H3. The molecule has 1 aromatic carbocycles. The second-order valence-electron chi connectivity index (χ2n) is 7.80. The zero-order valence-electron chi connectivity index (χ0n) is 15.6. The predicted molar refractivity (Wildman–Crippen MR) is 93.1 cm³/mol. The number of hydrogen-bond acceptors (Lipinski definition) is 5. The molecule has 1 aromatic rings. The van der Waals surface area contributed by atoms with Gasteiger partial charge in [0, 0.05) is 5.56 Å². The van der Waals surface area contributed by atoms with Gasteiger partial charge in [-0.3, -0.25) is 4.79 Å². The number of rotatable bonds is 4. The molecular formula is C20H28O5. The van der Waals surface area contributed by atoms with Gasteiger partial charge in [0.15, 0.2) is 5.79 Å². The molecule has 0 spiro atoms. The molecule has 1 N–H and O–H groups in total. The zero-order chi connectivity index (χ0) is 18.3. The first-order valence-corrected chi connectivity index (χ1v) is 9.02. The van der Waals surface area contributed by atoms with Crippen molar-refractivity contribution in [3.63, 3.8) is 0 Å². The van der Waals surface area contributed by atoms with Crippen molar-refractivity contribution in [2.45, 2.75) is 63.8 Å². The van der Waals surface area contributed by atoms with E-state index in [9.17, 15) is 9.90 Å². The topological polar surface area (TPSA) is 65.0 Å². The maximum Gasteiger partial charge on any atom is 0.309 e. The summed E-state index contributed by atoms with van der Waals surface area (Å²) in [7, 11) is 0. The molecule has 0 radical (unpaired) electrons. The second kappa shape index (κ2) is 6.38. The number of fused-ring (bicyclic) bond motifs is 1. The van der Waals surface area contributed by atoms with Gasteiger partial charge in [0.1, 0.15) is 5.60 Å². The van der Waals surface area contributed by atoms with Gasteiger partial charge in [-0.05, 0) is 49.3 Å². The number of carbonyl (C=O) groups excluding carboxylic acids is 1. The maximum absolute atomic E-state index is 12.0. The summed E-state index contributed by atoms with van der Waals surface area (Å²) in [5.41, 5.74) is 1.51. The minimum absolute atomic E-state index is 0.0203. The van der Waals surface area contributed by atoms with E-state index in [4.69, 9.17) is 14.2 Å². The molecule has 0 amide bonds. The van der Waals surface area contributed by atoms with Crippen molar-refractivity contribution >= 4 is 5.97 Å². The van der Waals surface area contributed by atoms with Crippen LogP contribution in [0.4, 0.5) is 0 Å². The molecular weight excluding hydrogens is 320 g/mol. The number of carbonyl (C=O) groups is 1. The summed E-state index contributed by atoms with van der Waals surface area (Å²) in [6.07, 6.45) is 1.31. The molecule has 1 unspecified atom stereocenters. The highest BCUT2D eigenvalue weighted by molar-refractivity contribution is 5.71. The lowest BCUT2D eigenvalue weighted by Crippen LogP contribution is -2.40. The van der Waals surface area contributed by atoms with Crippen LogP contribution in [-0.4, -0.2) is 30.9 Å². The van der Waals surface area contributed by atoms with E-state index in [0.29, 0.717) is 26.2 Å². The Bertz CT molecular complexity index is 660. The SMILES string of the molecule is CCOC(=O)CC1(O)CCC(C)(C)c2cc(C3(C)OCCO3)ccc21. The Morgan fingerprint density at radius 3 is 2.48 bits per heavy atom. The lowest BCUT2D eigenvalue weighted by Gasteiger charge is -2.42. The van der Waals surface area contributed by atoms with Crippen LogP contribution in [0.3, 0.4) is 0 Å². The normalized spacial score (nSPS) is 26.9. The van der Waals surface area contributed by atoms with Crippen LogP contribution in [0.1, 0.15) is 63.6 Å². The van der Waals surface area contributed by atoms with Crippen molar-refractivity contribution < 1.29 is 24.1 Å². The van der Waals surface area contributed by atoms with Crippen LogP contribution in [0.15, 0.2) is 18.2 Å². The summed E-state index contributed by atoms with van der Waals surface area (Å²) in [6, 6.07) is 5.92. The molecule has 0 aromatic heterocycles. The third kappa shape index (κ3) is 3.33. The molecule has 2 aliphatic rings. The van der Waals surface area contributed by atoms with Gasteiger partial charge >= 0.3 is 5.97 Å². The molecule has 0 bridgehead atoms. The fourth-order valence-corrected chi connectivity index (χ4v) is 3.90. The Morgan fingerprint density at radius 2 is 1.84 bits per heavy atom. The molecule has 3 rings (SSSR count). The zero-order valence-corrected chi connectivity index (χ0v) is 15.6. The first-order valence-electron chi connectivity index (χ1n) is 9.02. The summed E-state index contributed by atoms with van der Waals surface area (Å²) >= 11 is 0. The van der Waals surface area contributed by atoms with Crippen molar-refractivity contribution in [1.29, 1.82) is 0 Å². The Labute approximate surface area is 149 Å². The third-order valence-corrected chi connectivity index (χ3v) is 5.52. The highest BCUT2D eigenvalue weighted by Crippen LogP contribution is 2.48. The molecule has 1 aliphatic heterocycles. The van der Waals surface area contributed by atoms with Crippen molar-refractivity contribution in [2.24, 2.45) is 0 Å². The van der Waals surface area contributed by atoms with Crippen molar-refractivity contribution in [3.05, 3.63) is 34.9 Å². The van der Waals surface area contributed by atoms with E-state index >= 15 is 0 Å². The molecule has 1 fully saturated rings. The van der Waals surface area contributed by atoms with Crippen LogP contribution in [0.5, 0.6) is 0 Å². The van der Waals surface area contributed by atoms with Crippen LogP contribution in [-0.2, 0) is 35.8 Å². The number of aliphatic hydroxyl groups is 1. The first-order chi connectivity index (χ1) is 11.7. The smallest absolute Gasteiger partial charge is 0.309 e. The molecule has 0 saturated carbocycles. The van der Waals surface area contributed by atoms with Crippen LogP contribution in [0.25, 0.3) is 0 Å². The van der Waals surface area contributed by atoms with E-state index in [1.807, 2.05) is 19.1 Å². The van der Waals surface area contributed by atoms with Crippen molar-refractivity contribution in [2.75, 3.05) is 19.8 Å². The fraction of sp³-hybridized carbons (Fsp3) is 0.650. The Kier molecular flexibility index (Phi) is 4.69. The van der Waals surface area contributed by atoms with Crippen molar-refractivity contribution in [1.82, 2.24) is 0 Å².